The Labute approximate surface area is 163 Å². The van der Waals surface area contributed by atoms with E-state index in [4.69, 9.17) is 15.2 Å². The van der Waals surface area contributed by atoms with Crippen molar-refractivity contribution in [1.29, 1.82) is 0 Å². The quantitative estimate of drug-likeness (QED) is 0.627. The van der Waals surface area contributed by atoms with Crippen molar-refractivity contribution in [2.75, 3.05) is 29.3 Å². The number of benzene rings is 2. The summed E-state index contributed by atoms with van der Waals surface area (Å²) >= 11 is 0. The van der Waals surface area contributed by atoms with Gasteiger partial charge in [-0.15, -0.1) is 0 Å². The standard InChI is InChI=1S/C21H23N3O4/c1-12(2)13-3-5-14(6-4-13)24-8-7-15(21(24)26)20(25)23-17-10-19-18(9-16(17)22)27-11-28-19/h3-6,9-10,12,15H,7-8,11,22H2,1-2H3,(H,23,25). The predicted molar refractivity (Wildman–Crippen MR) is 107 cm³/mol. The van der Waals surface area contributed by atoms with Crippen molar-refractivity contribution in [2.24, 2.45) is 5.92 Å². The van der Waals surface area contributed by atoms with Gasteiger partial charge in [-0.2, -0.15) is 0 Å². The lowest BCUT2D eigenvalue weighted by Crippen LogP contribution is -2.33. The number of nitrogens with two attached hydrogens (primary N) is 1. The largest absolute Gasteiger partial charge is 0.454 e. The average molecular weight is 381 g/mol. The zero-order valence-electron chi connectivity index (χ0n) is 15.9. The van der Waals surface area contributed by atoms with Gasteiger partial charge in [-0.1, -0.05) is 26.0 Å². The molecule has 2 heterocycles. The summed E-state index contributed by atoms with van der Waals surface area (Å²) in [5, 5.41) is 2.76. The first-order valence-corrected chi connectivity index (χ1v) is 9.35. The molecule has 2 aromatic rings. The third-order valence-electron chi connectivity index (χ3n) is 5.20. The van der Waals surface area contributed by atoms with Crippen LogP contribution in [0.25, 0.3) is 0 Å². The number of rotatable bonds is 4. The summed E-state index contributed by atoms with van der Waals surface area (Å²) in [6.45, 7) is 4.88. The van der Waals surface area contributed by atoms with Gasteiger partial charge in [0, 0.05) is 24.4 Å². The lowest BCUT2D eigenvalue weighted by atomic mass is 10.0. The number of nitrogens with one attached hydrogen (secondary N) is 1. The topological polar surface area (TPSA) is 93.9 Å². The number of carbonyl (C=O) groups excluding carboxylic acids is 2. The first-order chi connectivity index (χ1) is 13.4. The van der Waals surface area contributed by atoms with Gasteiger partial charge in [0.2, 0.25) is 18.6 Å². The molecule has 28 heavy (non-hydrogen) atoms. The Morgan fingerprint density at radius 3 is 2.54 bits per heavy atom. The molecule has 1 fully saturated rings. The van der Waals surface area contributed by atoms with E-state index in [0.717, 1.165) is 5.69 Å². The SMILES string of the molecule is CC(C)c1ccc(N2CCC(C(=O)Nc3cc4c(cc3N)OCO4)C2=O)cc1. The van der Waals surface area contributed by atoms with Gasteiger partial charge in [-0.3, -0.25) is 9.59 Å². The molecule has 4 rings (SSSR count). The normalized spacial score (nSPS) is 18.0. The summed E-state index contributed by atoms with van der Waals surface area (Å²) in [5.74, 6) is 0.187. The van der Waals surface area contributed by atoms with Crippen LogP contribution in [0.2, 0.25) is 0 Å². The lowest BCUT2D eigenvalue weighted by molar-refractivity contribution is -0.129. The molecule has 1 unspecified atom stereocenters. The molecule has 2 aliphatic rings. The smallest absolute Gasteiger partial charge is 0.239 e. The van der Waals surface area contributed by atoms with Gasteiger partial charge in [-0.25, -0.2) is 0 Å². The molecule has 7 nitrogen and oxygen atoms in total. The Morgan fingerprint density at radius 1 is 1.18 bits per heavy atom. The molecule has 0 aliphatic carbocycles. The van der Waals surface area contributed by atoms with Crippen LogP contribution in [0, 0.1) is 5.92 Å². The number of nitrogen functional groups attached to an aromatic ring is 1. The number of amides is 2. The second-order valence-electron chi connectivity index (χ2n) is 7.36. The number of hydrogen-bond acceptors (Lipinski definition) is 5. The van der Waals surface area contributed by atoms with E-state index >= 15 is 0 Å². The lowest BCUT2D eigenvalue weighted by Gasteiger charge is -2.18. The molecular weight excluding hydrogens is 358 g/mol. The van der Waals surface area contributed by atoms with E-state index in [0.29, 0.717) is 41.8 Å². The monoisotopic (exact) mass is 381 g/mol. The fourth-order valence-corrected chi connectivity index (χ4v) is 3.50. The van der Waals surface area contributed by atoms with E-state index < -0.39 is 5.92 Å². The number of nitrogens with zero attached hydrogens (tertiary/aromatic N) is 1. The van der Waals surface area contributed by atoms with Gasteiger partial charge in [0.1, 0.15) is 5.92 Å². The summed E-state index contributed by atoms with van der Waals surface area (Å²) in [7, 11) is 0. The minimum atomic E-state index is -0.741. The van der Waals surface area contributed by atoms with Crippen molar-refractivity contribution in [3.63, 3.8) is 0 Å². The second-order valence-corrected chi connectivity index (χ2v) is 7.36. The Kier molecular flexibility index (Phi) is 4.58. The van der Waals surface area contributed by atoms with Crippen molar-refractivity contribution in [2.45, 2.75) is 26.2 Å². The number of anilines is 3. The maximum atomic E-state index is 12.8. The molecule has 0 spiro atoms. The first-order valence-electron chi connectivity index (χ1n) is 9.35. The molecule has 2 aliphatic heterocycles. The van der Waals surface area contributed by atoms with Crippen LogP contribution in [0.1, 0.15) is 31.7 Å². The van der Waals surface area contributed by atoms with E-state index in [1.165, 1.54) is 5.56 Å². The van der Waals surface area contributed by atoms with Crippen LogP contribution in [0.15, 0.2) is 36.4 Å². The average Bonchev–Trinajstić information content (AvgIpc) is 3.28. The summed E-state index contributed by atoms with van der Waals surface area (Å²) < 4.78 is 10.6. The maximum Gasteiger partial charge on any atom is 0.239 e. The second kappa shape index (κ2) is 7.07. The third-order valence-corrected chi connectivity index (χ3v) is 5.20. The molecule has 0 radical (unpaired) electrons. The van der Waals surface area contributed by atoms with Gasteiger partial charge in [0.05, 0.1) is 11.4 Å². The number of carbonyl (C=O) groups is 2. The molecule has 146 valence electrons. The molecule has 7 heteroatoms. The molecule has 1 saturated heterocycles. The van der Waals surface area contributed by atoms with Gasteiger partial charge >= 0.3 is 0 Å². The van der Waals surface area contributed by atoms with Gasteiger partial charge in [0.15, 0.2) is 11.5 Å². The van der Waals surface area contributed by atoms with Gasteiger partial charge < -0.3 is 25.4 Å². The highest BCUT2D eigenvalue weighted by molar-refractivity contribution is 6.14. The van der Waals surface area contributed by atoms with Gasteiger partial charge in [0.25, 0.3) is 0 Å². The van der Waals surface area contributed by atoms with E-state index in [2.05, 4.69) is 19.2 Å². The minimum absolute atomic E-state index is 0.123. The van der Waals surface area contributed by atoms with Crippen molar-refractivity contribution >= 4 is 28.9 Å². The Morgan fingerprint density at radius 2 is 1.86 bits per heavy atom. The zero-order chi connectivity index (χ0) is 19.8. The number of fused-ring (bicyclic) bond motifs is 1. The highest BCUT2D eigenvalue weighted by Crippen LogP contribution is 2.38. The van der Waals surface area contributed by atoms with Crippen LogP contribution in [-0.4, -0.2) is 25.2 Å². The predicted octanol–water partition coefficient (Wildman–Crippen LogP) is 3.11. The van der Waals surface area contributed by atoms with Crippen LogP contribution in [0.3, 0.4) is 0 Å². The van der Waals surface area contributed by atoms with Gasteiger partial charge in [-0.05, 0) is 30.0 Å². The Hall–Kier alpha value is -3.22. The van der Waals surface area contributed by atoms with Crippen molar-refractivity contribution in [1.82, 2.24) is 0 Å². The fraction of sp³-hybridized carbons (Fsp3) is 0.333. The van der Waals surface area contributed by atoms with Crippen LogP contribution >= 0.6 is 0 Å². The van der Waals surface area contributed by atoms with Crippen LogP contribution in [0.5, 0.6) is 11.5 Å². The molecule has 2 amide bonds. The molecule has 0 bridgehead atoms. The molecule has 0 aromatic heterocycles. The minimum Gasteiger partial charge on any atom is -0.454 e. The van der Waals surface area contributed by atoms with E-state index in [-0.39, 0.29) is 18.6 Å². The van der Waals surface area contributed by atoms with E-state index in [9.17, 15) is 9.59 Å². The summed E-state index contributed by atoms with van der Waals surface area (Å²) in [5.41, 5.74) is 8.79. The Balaban J connectivity index is 1.47. The van der Waals surface area contributed by atoms with Crippen molar-refractivity contribution in [3.05, 3.63) is 42.0 Å². The highest BCUT2D eigenvalue weighted by Gasteiger charge is 2.38. The third kappa shape index (κ3) is 3.24. The van der Waals surface area contributed by atoms with Crippen LogP contribution < -0.4 is 25.4 Å². The fourth-order valence-electron chi connectivity index (χ4n) is 3.50. The summed E-state index contributed by atoms with van der Waals surface area (Å²) in [6.07, 6.45) is 0.459. The van der Waals surface area contributed by atoms with Crippen LogP contribution in [-0.2, 0) is 9.59 Å². The highest BCUT2D eigenvalue weighted by atomic mass is 16.7. The van der Waals surface area contributed by atoms with E-state index in [1.807, 2.05) is 24.3 Å². The molecule has 2 aromatic carbocycles. The molecular formula is C21H23N3O4. The number of ether oxygens (including phenoxy) is 2. The Bertz CT molecular complexity index is 924. The van der Waals surface area contributed by atoms with Crippen molar-refractivity contribution < 1.29 is 19.1 Å². The zero-order valence-corrected chi connectivity index (χ0v) is 15.9. The summed E-state index contributed by atoms with van der Waals surface area (Å²) in [4.78, 5) is 27.2. The maximum absolute atomic E-state index is 12.8. The summed E-state index contributed by atoms with van der Waals surface area (Å²) in [6, 6.07) is 11.1. The number of hydrogen-bond donors (Lipinski definition) is 2. The van der Waals surface area contributed by atoms with Crippen molar-refractivity contribution in [3.8, 4) is 11.5 Å². The van der Waals surface area contributed by atoms with E-state index in [1.54, 1.807) is 17.0 Å². The first kappa shape index (κ1) is 18.2. The molecule has 1 atom stereocenters. The van der Waals surface area contributed by atoms with Crippen LogP contribution in [0.4, 0.5) is 17.1 Å². The molecule has 0 saturated carbocycles. The molecule has 3 N–H and O–H groups in total.